The van der Waals surface area contributed by atoms with Gasteiger partial charge in [0.2, 0.25) is 0 Å². The summed E-state index contributed by atoms with van der Waals surface area (Å²) in [5, 5.41) is 11.4. The average molecular weight is 508 g/mol. The first-order chi connectivity index (χ1) is 17.1. The lowest BCUT2D eigenvalue weighted by Gasteiger charge is -2.20. The summed E-state index contributed by atoms with van der Waals surface area (Å²) in [5.74, 6) is -1.68. The van der Waals surface area contributed by atoms with E-state index in [2.05, 4.69) is 19.2 Å². The molecule has 3 aromatic rings. The maximum absolute atomic E-state index is 13.8. The van der Waals surface area contributed by atoms with Crippen molar-refractivity contribution >= 4 is 5.69 Å². The van der Waals surface area contributed by atoms with Crippen LogP contribution in [0.1, 0.15) is 44.4 Å². The first-order valence-electron chi connectivity index (χ1n) is 11.0. The van der Waals surface area contributed by atoms with E-state index in [1.165, 1.54) is 36.4 Å². The molecular formula is C24H20F4N2O6. The number of para-hydroxylation sites is 2. The molecule has 0 aliphatic carbocycles. The van der Waals surface area contributed by atoms with Crippen LogP contribution in [0.4, 0.5) is 23.2 Å². The molecule has 190 valence electrons. The molecule has 0 unspecified atom stereocenters. The van der Waals surface area contributed by atoms with Crippen LogP contribution in [0.5, 0.6) is 23.0 Å². The minimum Gasteiger partial charge on any atom is -0.395 e. The topological polar surface area (TPSA) is 93.0 Å². The van der Waals surface area contributed by atoms with Crippen molar-refractivity contribution in [2.45, 2.75) is 45.7 Å². The van der Waals surface area contributed by atoms with Gasteiger partial charge in [-0.15, -0.1) is 17.6 Å². The normalized spacial score (nSPS) is 16.6. The maximum Gasteiger partial charge on any atom is 0.586 e. The number of alkyl halides is 4. The number of benzene rings is 2. The zero-order valence-corrected chi connectivity index (χ0v) is 19.3. The number of fused-ring (bicyclic) bond motifs is 2. The second kappa shape index (κ2) is 9.17. The van der Waals surface area contributed by atoms with Crippen molar-refractivity contribution in [3.05, 3.63) is 70.0 Å². The van der Waals surface area contributed by atoms with Crippen LogP contribution in [0.3, 0.4) is 0 Å². The van der Waals surface area contributed by atoms with Crippen molar-refractivity contribution < 1.29 is 41.4 Å². The highest BCUT2D eigenvalue weighted by Crippen LogP contribution is 2.51. The molecule has 12 heteroatoms. The van der Waals surface area contributed by atoms with E-state index in [0.717, 1.165) is 12.3 Å². The highest BCUT2D eigenvalue weighted by Gasteiger charge is 2.46. The van der Waals surface area contributed by atoms with Crippen LogP contribution in [0.2, 0.25) is 0 Å². The van der Waals surface area contributed by atoms with Gasteiger partial charge >= 0.3 is 12.6 Å². The molecule has 0 N–H and O–H groups in total. The second-order valence-electron chi connectivity index (χ2n) is 7.49. The van der Waals surface area contributed by atoms with Gasteiger partial charge in [-0.05, 0) is 18.6 Å². The van der Waals surface area contributed by atoms with Gasteiger partial charge in [-0.1, -0.05) is 45.0 Å². The quantitative estimate of drug-likeness (QED) is 0.211. The zero-order chi connectivity index (χ0) is 26.3. The molecule has 3 heterocycles. The summed E-state index contributed by atoms with van der Waals surface area (Å²) in [4.78, 5) is 15.0. The molecule has 0 saturated carbocycles. The van der Waals surface area contributed by atoms with Crippen molar-refractivity contribution in [1.82, 2.24) is 4.98 Å². The highest BCUT2D eigenvalue weighted by molar-refractivity contribution is 5.78. The Labute approximate surface area is 202 Å². The molecule has 2 aliphatic heterocycles. The first-order valence-corrected chi connectivity index (χ1v) is 11.0. The summed E-state index contributed by atoms with van der Waals surface area (Å²) in [6, 6.07) is 9.60. The van der Waals surface area contributed by atoms with Gasteiger partial charge in [-0.2, -0.15) is 0 Å². The number of halogens is 4. The molecule has 5 rings (SSSR count). The van der Waals surface area contributed by atoms with Gasteiger partial charge < -0.3 is 18.9 Å². The van der Waals surface area contributed by atoms with E-state index in [-0.39, 0.29) is 45.4 Å². The van der Waals surface area contributed by atoms with E-state index in [1.807, 2.05) is 13.8 Å². The summed E-state index contributed by atoms with van der Waals surface area (Å²) >= 11 is 0. The van der Waals surface area contributed by atoms with Gasteiger partial charge in [0.25, 0.3) is 5.69 Å². The number of nitro groups is 1. The number of pyridine rings is 1. The van der Waals surface area contributed by atoms with Gasteiger partial charge in [0, 0.05) is 28.7 Å². The SMILES string of the molecule is CC.CC[C@H](c1cccc2c1OC(F)(F)O2)c1ncc([N+](=O)[O-])cc1-c1cccc2c1OC(F)(F)O2. The van der Waals surface area contributed by atoms with Crippen LogP contribution in [0.25, 0.3) is 11.1 Å². The molecule has 0 fully saturated rings. The lowest BCUT2D eigenvalue weighted by molar-refractivity contribution is -0.385. The summed E-state index contributed by atoms with van der Waals surface area (Å²) in [6.07, 6.45) is -6.48. The minimum absolute atomic E-state index is 0.0643. The third kappa shape index (κ3) is 4.45. The van der Waals surface area contributed by atoms with Gasteiger partial charge in [0.15, 0.2) is 23.0 Å². The molecule has 8 nitrogen and oxygen atoms in total. The van der Waals surface area contributed by atoms with Crippen molar-refractivity contribution in [2.75, 3.05) is 0 Å². The van der Waals surface area contributed by atoms with Gasteiger partial charge in [-0.3, -0.25) is 15.1 Å². The van der Waals surface area contributed by atoms with Crippen LogP contribution in [0, 0.1) is 10.1 Å². The lowest BCUT2D eigenvalue weighted by atomic mass is 9.87. The molecular weight excluding hydrogens is 488 g/mol. The van der Waals surface area contributed by atoms with Crippen molar-refractivity contribution in [3.63, 3.8) is 0 Å². The fourth-order valence-corrected chi connectivity index (χ4v) is 4.06. The Hall–Kier alpha value is -4.09. The Morgan fingerprint density at radius 3 is 2.11 bits per heavy atom. The van der Waals surface area contributed by atoms with E-state index in [9.17, 15) is 27.7 Å². The summed E-state index contributed by atoms with van der Waals surface area (Å²) in [6.45, 7) is 5.74. The molecule has 0 amide bonds. The summed E-state index contributed by atoms with van der Waals surface area (Å²) in [7, 11) is 0. The van der Waals surface area contributed by atoms with E-state index < -0.39 is 29.1 Å². The molecule has 1 aromatic heterocycles. The predicted octanol–water partition coefficient (Wildman–Crippen LogP) is 6.87. The molecule has 2 aliphatic rings. The molecule has 2 aromatic carbocycles. The van der Waals surface area contributed by atoms with Crippen molar-refractivity contribution in [2.24, 2.45) is 0 Å². The average Bonchev–Trinajstić information content (AvgIpc) is 3.34. The van der Waals surface area contributed by atoms with Crippen LogP contribution >= 0.6 is 0 Å². The Kier molecular flexibility index (Phi) is 6.37. The standard InChI is InChI=1S/C22H14F4N2O6.C2H6/c1-2-12(13-5-3-7-16-19(13)33-21(23,24)31-16)18-15(9-11(10-27-18)28(29)30)14-6-4-8-17-20(14)34-22(25,26)32-17;1-2/h3-10,12H,2H2,1H3;1-2H3/t12-;/m1./s1. The number of nitrogens with zero attached hydrogens (tertiary/aromatic N) is 2. The molecule has 0 saturated heterocycles. The monoisotopic (exact) mass is 508 g/mol. The fourth-order valence-electron chi connectivity index (χ4n) is 4.06. The largest absolute Gasteiger partial charge is 0.586 e. The smallest absolute Gasteiger partial charge is 0.395 e. The third-order valence-corrected chi connectivity index (χ3v) is 5.41. The molecule has 0 radical (unpaired) electrons. The maximum atomic E-state index is 13.8. The number of aromatic nitrogens is 1. The number of rotatable bonds is 5. The summed E-state index contributed by atoms with van der Waals surface area (Å²) < 4.78 is 73.5. The minimum atomic E-state index is -3.92. The van der Waals surface area contributed by atoms with E-state index in [4.69, 9.17) is 4.74 Å². The van der Waals surface area contributed by atoms with E-state index in [1.54, 1.807) is 6.92 Å². The van der Waals surface area contributed by atoms with Gasteiger partial charge in [0.05, 0.1) is 10.6 Å². The fraction of sp³-hybridized carbons (Fsp3) is 0.292. The lowest BCUT2D eigenvalue weighted by Crippen LogP contribution is -2.26. The van der Waals surface area contributed by atoms with E-state index >= 15 is 0 Å². The third-order valence-electron chi connectivity index (χ3n) is 5.41. The Morgan fingerprint density at radius 2 is 1.50 bits per heavy atom. The summed E-state index contributed by atoms with van der Waals surface area (Å²) in [5.41, 5.74) is 0.251. The Morgan fingerprint density at radius 1 is 0.917 bits per heavy atom. The first kappa shape index (κ1) is 25.0. The van der Waals surface area contributed by atoms with Crippen LogP contribution in [-0.4, -0.2) is 22.5 Å². The Balaban J connectivity index is 0.00000148. The van der Waals surface area contributed by atoms with Gasteiger partial charge in [-0.25, -0.2) is 0 Å². The van der Waals surface area contributed by atoms with Gasteiger partial charge in [0.1, 0.15) is 6.20 Å². The van der Waals surface area contributed by atoms with Crippen molar-refractivity contribution in [3.8, 4) is 34.1 Å². The van der Waals surface area contributed by atoms with Crippen LogP contribution in [0.15, 0.2) is 48.7 Å². The van der Waals surface area contributed by atoms with Crippen LogP contribution in [-0.2, 0) is 0 Å². The molecule has 0 spiro atoms. The second-order valence-corrected chi connectivity index (χ2v) is 7.49. The number of ether oxygens (including phenoxy) is 4. The zero-order valence-electron chi connectivity index (χ0n) is 19.3. The molecule has 1 atom stereocenters. The number of hydrogen-bond acceptors (Lipinski definition) is 7. The van der Waals surface area contributed by atoms with Crippen molar-refractivity contribution in [1.29, 1.82) is 0 Å². The highest BCUT2D eigenvalue weighted by atomic mass is 19.3. The molecule has 36 heavy (non-hydrogen) atoms. The van der Waals surface area contributed by atoms with Crippen LogP contribution < -0.4 is 18.9 Å². The molecule has 0 bridgehead atoms. The predicted molar refractivity (Wildman–Crippen MR) is 119 cm³/mol. The number of hydrogen-bond donors (Lipinski definition) is 0. The van der Waals surface area contributed by atoms with E-state index in [0.29, 0.717) is 6.42 Å². The Bertz CT molecular complexity index is 1320.